The molecule has 140 valence electrons. The fraction of sp³-hybridized carbons (Fsp3) is 0.188. The van der Waals surface area contributed by atoms with Crippen LogP contribution in [0.2, 0.25) is 0 Å². The predicted octanol–water partition coefficient (Wildman–Crippen LogP) is 2.92. The molecule has 0 aliphatic carbocycles. The molecule has 0 bridgehead atoms. The number of halogens is 2. The molecule has 11 heteroatoms. The lowest BCUT2D eigenvalue weighted by Crippen LogP contribution is -2.25. The lowest BCUT2D eigenvalue weighted by molar-refractivity contribution is -0.286. The van der Waals surface area contributed by atoms with Crippen LogP contribution in [0.1, 0.15) is 6.42 Å². The second-order valence-corrected chi connectivity index (χ2v) is 6.45. The van der Waals surface area contributed by atoms with Crippen LogP contribution in [-0.4, -0.2) is 22.0 Å². The van der Waals surface area contributed by atoms with Crippen LogP contribution in [0.5, 0.6) is 11.5 Å². The molecule has 2 aromatic heterocycles. The van der Waals surface area contributed by atoms with Crippen molar-refractivity contribution in [2.75, 3.05) is 5.32 Å². The molecule has 1 aliphatic heterocycles. The molecule has 1 amide bonds. The molecule has 4 rings (SSSR count). The molecule has 0 fully saturated rings. The van der Waals surface area contributed by atoms with Crippen molar-refractivity contribution in [3.63, 3.8) is 0 Å². The summed E-state index contributed by atoms with van der Waals surface area (Å²) in [6, 6.07) is 7.45. The summed E-state index contributed by atoms with van der Waals surface area (Å²) in [7, 11) is 0. The number of fused-ring (bicyclic) bond motifs is 1. The Bertz CT molecular complexity index is 1040. The van der Waals surface area contributed by atoms with Gasteiger partial charge in [0.15, 0.2) is 11.5 Å². The van der Waals surface area contributed by atoms with Crippen molar-refractivity contribution in [1.29, 1.82) is 0 Å². The van der Waals surface area contributed by atoms with Gasteiger partial charge in [0.25, 0.3) is 5.89 Å². The highest BCUT2D eigenvalue weighted by molar-refractivity contribution is 7.13. The van der Waals surface area contributed by atoms with Crippen molar-refractivity contribution < 1.29 is 27.5 Å². The number of aromatic nitrogens is 2. The number of amides is 1. The molecule has 0 radical (unpaired) electrons. The molecule has 8 nitrogen and oxygen atoms in total. The number of rotatable bonds is 5. The third-order valence-electron chi connectivity index (χ3n) is 3.57. The van der Waals surface area contributed by atoms with Crippen LogP contribution >= 0.6 is 11.3 Å². The predicted molar refractivity (Wildman–Crippen MR) is 90.0 cm³/mol. The standard InChI is InChI=1S/C16H11F2N3O5S/c17-16(18)25-10-4-3-9(8-11(10)26-16)19-13(22)5-6-21-15(23)24-14(20-21)12-2-1-7-27-12/h1-4,7-8H,5-6H2,(H,19,22). The Hall–Kier alpha value is -3.21. The van der Waals surface area contributed by atoms with Gasteiger partial charge in [-0.15, -0.1) is 25.2 Å². The fourth-order valence-corrected chi connectivity index (χ4v) is 3.05. The smallest absolute Gasteiger partial charge is 0.395 e. The van der Waals surface area contributed by atoms with E-state index in [1.165, 1.54) is 29.5 Å². The topological polar surface area (TPSA) is 95.6 Å². The summed E-state index contributed by atoms with van der Waals surface area (Å²) in [6.07, 6.45) is -3.79. The van der Waals surface area contributed by atoms with E-state index in [1.807, 2.05) is 5.38 Å². The van der Waals surface area contributed by atoms with E-state index >= 15 is 0 Å². The molecule has 0 saturated heterocycles. The van der Waals surface area contributed by atoms with Gasteiger partial charge < -0.3 is 19.2 Å². The van der Waals surface area contributed by atoms with Crippen LogP contribution in [0.3, 0.4) is 0 Å². The van der Waals surface area contributed by atoms with Gasteiger partial charge in [0.05, 0.1) is 11.4 Å². The highest BCUT2D eigenvalue weighted by atomic mass is 32.1. The van der Waals surface area contributed by atoms with Crippen molar-refractivity contribution in [1.82, 2.24) is 9.78 Å². The van der Waals surface area contributed by atoms with E-state index in [0.29, 0.717) is 4.88 Å². The van der Waals surface area contributed by atoms with E-state index in [4.69, 9.17) is 4.42 Å². The normalized spacial score (nSPS) is 14.3. The number of nitrogens with one attached hydrogen (secondary N) is 1. The zero-order chi connectivity index (χ0) is 19.0. The maximum atomic E-state index is 13.0. The number of alkyl halides is 2. The van der Waals surface area contributed by atoms with Crippen LogP contribution in [0.25, 0.3) is 10.8 Å². The van der Waals surface area contributed by atoms with Crippen LogP contribution in [-0.2, 0) is 11.3 Å². The Balaban J connectivity index is 1.38. The number of nitrogens with zero attached hydrogens (tertiary/aromatic N) is 2. The summed E-state index contributed by atoms with van der Waals surface area (Å²) in [4.78, 5) is 24.6. The third kappa shape index (κ3) is 3.67. The fourth-order valence-electron chi connectivity index (χ4n) is 2.41. The minimum atomic E-state index is -3.72. The lowest BCUT2D eigenvalue weighted by atomic mass is 10.2. The Morgan fingerprint density at radius 1 is 1.26 bits per heavy atom. The van der Waals surface area contributed by atoms with Gasteiger partial charge in [-0.25, -0.2) is 4.79 Å². The molecule has 1 aromatic carbocycles. The Morgan fingerprint density at radius 2 is 2.07 bits per heavy atom. The van der Waals surface area contributed by atoms with Gasteiger partial charge >= 0.3 is 12.1 Å². The monoisotopic (exact) mass is 395 g/mol. The number of thiophene rings is 1. The van der Waals surface area contributed by atoms with Crippen molar-refractivity contribution >= 4 is 22.9 Å². The second-order valence-electron chi connectivity index (χ2n) is 5.50. The number of hydrogen-bond acceptors (Lipinski definition) is 7. The minimum Gasteiger partial charge on any atom is -0.395 e. The second kappa shape index (κ2) is 6.50. The van der Waals surface area contributed by atoms with Gasteiger partial charge in [0.1, 0.15) is 0 Å². The highest BCUT2D eigenvalue weighted by Crippen LogP contribution is 2.42. The highest BCUT2D eigenvalue weighted by Gasteiger charge is 2.43. The SMILES string of the molecule is O=C(CCn1nc(-c2cccs2)oc1=O)Nc1ccc2c(c1)OC(F)(F)O2. The number of benzene rings is 1. The molecule has 0 spiro atoms. The van der Waals surface area contributed by atoms with Crippen molar-refractivity contribution in [2.24, 2.45) is 0 Å². The molecule has 1 N–H and O–H groups in total. The van der Waals surface area contributed by atoms with Crippen LogP contribution < -0.4 is 20.5 Å². The first-order valence-corrected chi connectivity index (χ1v) is 8.59. The average Bonchev–Trinajstić information content (AvgIpc) is 3.30. The van der Waals surface area contributed by atoms with E-state index in [2.05, 4.69) is 19.9 Å². The number of hydrogen-bond donors (Lipinski definition) is 1. The number of aryl methyl sites for hydroxylation is 1. The third-order valence-corrected chi connectivity index (χ3v) is 4.43. The van der Waals surface area contributed by atoms with E-state index in [1.54, 1.807) is 12.1 Å². The number of carbonyl (C=O) groups excluding carboxylic acids is 1. The van der Waals surface area contributed by atoms with E-state index in [9.17, 15) is 18.4 Å². The number of carbonyl (C=O) groups is 1. The molecule has 27 heavy (non-hydrogen) atoms. The zero-order valence-electron chi connectivity index (χ0n) is 13.5. The summed E-state index contributed by atoms with van der Waals surface area (Å²) >= 11 is 1.37. The maximum Gasteiger partial charge on any atom is 0.586 e. The summed E-state index contributed by atoms with van der Waals surface area (Å²) in [5, 5.41) is 8.40. The molecular formula is C16H11F2N3O5S. The first-order valence-electron chi connectivity index (χ1n) is 7.71. The first kappa shape index (κ1) is 17.2. The van der Waals surface area contributed by atoms with Crippen molar-refractivity contribution in [3.8, 4) is 22.3 Å². The molecule has 1 aliphatic rings. The lowest BCUT2D eigenvalue weighted by Gasteiger charge is -2.05. The van der Waals surface area contributed by atoms with Gasteiger partial charge in [-0.1, -0.05) is 6.07 Å². The first-order chi connectivity index (χ1) is 12.9. The molecule has 0 unspecified atom stereocenters. The summed E-state index contributed by atoms with van der Waals surface area (Å²) < 4.78 is 40.7. The summed E-state index contributed by atoms with van der Waals surface area (Å²) in [6.45, 7) is 0.00215. The number of anilines is 1. The Kier molecular flexibility index (Phi) is 4.15. The molecule has 3 aromatic rings. The van der Waals surface area contributed by atoms with Gasteiger partial charge in [-0.3, -0.25) is 4.79 Å². The Morgan fingerprint density at radius 3 is 2.85 bits per heavy atom. The maximum absolute atomic E-state index is 13.0. The van der Waals surface area contributed by atoms with Crippen LogP contribution in [0.15, 0.2) is 44.9 Å². The van der Waals surface area contributed by atoms with E-state index in [-0.39, 0.29) is 36.0 Å². The average molecular weight is 395 g/mol. The summed E-state index contributed by atoms with van der Waals surface area (Å²) in [5.74, 6) is -1.21. The molecule has 0 atom stereocenters. The van der Waals surface area contributed by atoms with Gasteiger partial charge in [0, 0.05) is 18.2 Å². The Labute approximate surface area is 153 Å². The van der Waals surface area contributed by atoms with Crippen LogP contribution in [0.4, 0.5) is 14.5 Å². The van der Waals surface area contributed by atoms with Gasteiger partial charge in [0.2, 0.25) is 5.91 Å². The van der Waals surface area contributed by atoms with E-state index in [0.717, 1.165) is 4.68 Å². The molecule has 3 heterocycles. The van der Waals surface area contributed by atoms with Crippen molar-refractivity contribution in [3.05, 3.63) is 46.3 Å². The van der Waals surface area contributed by atoms with Gasteiger partial charge in [-0.2, -0.15) is 4.68 Å². The molecule has 0 saturated carbocycles. The quantitative estimate of drug-likeness (QED) is 0.714. The van der Waals surface area contributed by atoms with Crippen molar-refractivity contribution in [2.45, 2.75) is 19.3 Å². The molecular weight excluding hydrogens is 384 g/mol. The van der Waals surface area contributed by atoms with Crippen LogP contribution in [0, 0.1) is 0 Å². The largest absolute Gasteiger partial charge is 0.586 e. The summed E-state index contributed by atoms with van der Waals surface area (Å²) in [5.41, 5.74) is 0.256. The minimum absolute atomic E-state index is 0.00215. The number of ether oxygens (including phenoxy) is 2. The van der Waals surface area contributed by atoms with E-state index < -0.39 is 18.0 Å². The van der Waals surface area contributed by atoms with Gasteiger partial charge in [-0.05, 0) is 23.6 Å². The zero-order valence-corrected chi connectivity index (χ0v) is 14.3.